The molecule has 2 rings (SSSR count). The van der Waals surface area contributed by atoms with Crippen molar-refractivity contribution < 1.29 is 4.79 Å². The van der Waals surface area contributed by atoms with Crippen molar-refractivity contribution in [1.29, 1.82) is 0 Å². The number of thiocarbonyl (C=S) groups is 1. The van der Waals surface area contributed by atoms with Crippen LogP contribution in [0, 0.1) is 0 Å². The molecule has 3 heteroatoms. The van der Waals surface area contributed by atoms with Gasteiger partial charge < -0.3 is 0 Å². The fourth-order valence-corrected chi connectivity index (χ4v) is 2.07. The van der Waals surface area contributed by atoms with Gasteiger partial charge in [0.1, 0.15) is 0 Å². The predicted octanol–water partition coefficient (Wildman–Crippen LogP) is 2.77. The van der Waals surface area contributed by atoms with Crippen LogP contribution in [0.15, 0.2) is 35.9 Å². The molecule has 0 fully saturated rings. The molecule has 0 atom stereocenters. The Bertz CT molecular complexity index is 448. The van der Waals surface area contributed by atoms with Gasteiger partial charge in [0.05, 0.1) is 4.86 Å². The van der Waals surface area contributed by atoms with E-state index < -0.39 is 0 Å². The van der Waals surface area contributed by atoms with Crippen molar-refractivity contribution in [3.8, 4) is 0 Å². The quantitative estimate of drug-likeness (QED) is 0.537. The highest BCUT2D eigenvalue weighted by Crippen LogP contribution is 2.22. The molecule has 0 spiro atoms. The molecule has 0 bridgehead atoms. The summed E-state index contributed by atoms with van der Waals surface area (Å²) in [5, 5.41) is 0. The lowest BCUT2D eigenvalue weighted by molar-refractivity contribution is 0.104. The molecule has 0 saturated heterocycles. The first-order valence-corrected chi connectivity index (χ1v) is 5.13. The van der Waals surface area contributed by atoms with Gasteiger partial charge in [-0.3, -0.25) is 4.79 Å². The minimum absolute atomic E-state index is 0.00940. The number of hydrogen-bond acceptors (Lipinski definition) is 2. The summed E-state index contributed by atoms with van der Waals surface area (Å²) in [6, 6.07) is 7.34. The summed E-state index contributed by atoms with van der Waals surface area (Å²) in [6.45, 7) is 0. The number of fused-ring (bicyclic) bond motifs is 1. The molecule has 0 aromatic heterocycles. The van der Waals surface area contributed by atoms with Gasteiger partial charge in [-0.2, -0.15) is 0 Å². The van der Waals surface area contributed by atoms with E-state index in [9.17, 15) is 4.79 Å². The lowest BCUT2D eigenvalue weighted by Crippen LogP contribution is -2.16. The highest BCUT2D eigenvalue weighted by atomic mass is 35.5. The lowest BCUT2D eigenvalue weighted by Gasteiger charge is -2.15. The molecule has 1 aliphatic carbocycles. The summed E-state index contributed by atoms with van der Waals surface area (Å²) in [6.07, 6.45) is 1.53. The maximum absolute atomic E-state index is 11.6. The average Bonchev–Trinajstić information content (AvgIpc) is 2.23. The third-order valence-electron chi connectivity index (χ3n) is 2.18. The minimum Gasteiger partial charge on any atom is -0.289 e. The molecule has 1 aromatic carbocycles. The Morgan fingerprint density at radius 2 is 1.86 bits per heavy atom. The number of benzene rings is 1. The zero-order valence-electron chi connectivity index (χ0n) is 7.29. The fraction of sp³-hybridized carbons (Fsp3) is 0.0909. The van der Waals surface area contributed by atoms with Gasteiger partial charge in [0, 0.05) is 17.0 Å². The Kier molecular flexibility index (Phi) is 2.48. The number of carbonyl (C=O) groups is 1. The highest BCUT2D eigenvalue weighted by Gasteiger charge is 2.20. The van der Waals surface area contributed by atoms with Crippen LogP contribution in [-0.2, 0) is 0 Å². The molecule has 1 nitrogen and oxygen atoms in total. The van der Waals surface area contributed by atoms with Crippen LogP contribution in [0.1, 0.15) is 15.9 Å². The Balaban J connectivity index is 2.61. The van der Waals surface area contributed by atoms with Crippen LogP contribution in [0.4, 0.5) is 0 Å². The van der Waals surface area contributed by atoms with E-state index in [1.54, 1.807) is 6.07 Å². The molecule has 14 heavy (non-hydrogen) atoms. The molecule has 0 N–H and O–H groups in total. The Morgan fingerprint density at radius 3 is 2.50 bits per heavy atom. The van der Waals surface area contributed by atoms with Gasteiger partial charge in [0.25, 0.3) is 0 Å². The van der Waals surface area contributed by atoms with E-state index in [1.165, 1.54) is 6.08 Å². The second kappa shape index (κ2) is 3.64. The molecule has 0 aliphatic heterocycles. The number of ketones is 1. The van der Waals surface area contributed by atoms with Crippen molar-refractivity contribution >= 4 is 34.5 Å². The van der Waals surface area contributed by atoms with Crippen molar-refractivity contribution in [2.24, 2.45) is 0 Å². The first-order valence-electron chi connectivity index (χ1n) is 4.18. The van der Waals surface area contributed by atoms with Gasteiger partial charge in [-0.25, -0.2) is 0 Å². The number of rotatable bonds is 1. The van der Waals surface area contributed by atoms with Crippen LogP contribution in [0.25, 0.3) is 0 Å². The Labute approximate surface area is 92.4 Å². The number of alkyl halides is 1. The number of carbonyl (C=O) groups excluding carboxylic acids is 1. The van der Waals surface area contributed by atoms with Gasteiger partial charge in [-0.15, -0.1) is 11.6 Å². The zero-order valence-corrected chi connectivity index (χ0v) is 8.86. The molecule has 1 aromatic rings. The van der Waals surface area contributed by atoms with Crippen LogP contribution >= 0.6 is 23.8 Å². The maximum atomic E-state index is 11.6. The molecule has 70 valence electrons. The van der Waals surface area contributed by atoms with E-state index in [-0.39, 0.29) is 5.78 Å². The fourth-order valence-electron chi connectivity index (χ4n) is 1.47. The molecular weight excluding hydrogens is 216 g/mol. The molecule has 0 radical (unpaired) electrons. The van der Waals surface area contributed by atoms with E-state index in [1.807, 2.05) is 18.2 Å². The first kappa shape index (κ1) is 9.56. The van der Waals surface area contributed by atoms with Crippen molar-refractivity contribution in [3.63, 3.8) is 0 Å². The number of allylic oxidation sites excluding steroid dienone is 2. The Hall–Kier alpha value is -0.990. The predicted molar refractivity (Wildman–Crippen MR) is 61.3 cm³/mol. The van der Waals surface area contributed by atoms with Gasteiger partial charge in [0.2, 0.25) is 0 Å². The standard InChI is InChI=1S/C11H7ClOS/c12-6-7-5-10(13)8-3-1-2-4-9(8)11(7)14/h1-5H,6H2. The van der Waals surface area contributed by atoms with E-state index in [0.717, 1.165) is 11.1 Å². The van der Waals surface area contributed by atoms with Crippen molar-refractivity contribution in [2.75, 3.05) is 5.88 Å². The maximum Gasteiger partial charge on any atom is 0.186 e. The summed E-state index contributed by atoms with van der Waals surface area (Å²) >= 11 is 10.9. The summed E-state index contributed by atoms with van der Waals surface area (Å²) in [7, 11) is 0. The van der Waals surface area contributed by atoms with Gasteiger partial charge >= 0.3 is 0 Å². The van der Waals surface area contributed by atoms with Crippen LogP contribution in [0.2, 0.25) is 0 Å². The molecule has 0 unspecified atom stereocenters. The van der Waals surface area contributed by atoms with Gasteiger partial charge in [0.15, 0.2) is 5.78 Å². The van der Waals surface area contributed by atoms with Crippen LogP contribution < -0.4 is 0 Å². The third kappa shape index (κ3) is 1.41. The van der Waals surface area contributed by atoms with Crippen LogP contribution in [0.3, 0.4) is 0 Å². The number of halogens is 1. The Morgan fingerprint density at radius 1 is 1.21 bits per heavy atom. The van der Waals surface area contributed by atoms with Crippen LogP contribution in [-0.4, -0.2) is 16.5 Å². The first-order chi connectivity index (χ1) is 6.74. The van der Waals surface area contributed by atoms with Gasteiger partial charge in [-0.05, 0) is 11.6 Å². The second-order valence-corrected chi connectivity index (χ2v) is 3.72. The van der Waals surface area contributed by atoms with Crippen molar-refractivity contribution in [3.05, 3.63) is 47.0 Å². The smallest absolute Gasteiger partial charge is 0.186 e. The van der Waals surface area contributed by atoms with Crippen molar-refractivity contribution in [1.82, 2.24) is 0 Å². The van der Waals surface area contributed by atoms with Crippen LogP contribution in [0.5, 0.6) is 0 Å². The normalized spacial score (nSPS) is 15.1. The third-order valence-corrected chi connectivity index (χ3v) is 2.95. The summed E-state index contributed by atoms with van der Waals surface area (Å²) in [4.78, 5) is 12.3. The topological polar surface area (TPSA) is 17.1 Å². The second-order valence-electron chi connectivity index (χ2n) is 3.04. The molecule has 0 saturated carbocycles. The molecule has 1 aliphatic rings. The molecule has 0 amide bonds. The highest BCUT2D eigenvalue weighted by molar-refractivity contribution is 7.81. The largest absolute Gasteiger partial charge is 0.289 e. The molecule has 0 heterocycles. The van der Waals surface area contributed by atoms with E-state index in [0.29, 0.717) is 16.3 Å². The van der Waals surface area contributed by atoms with E-state index in [4.69, 9.17) is 23.8 Å². The average molecular weight is 223 g/mol. The van der Waals surface area contributed by atoms with E-state index >= 15 is 0 Å². The molecular formula is C11H7ClOS. The minimum atomic E-state index is -0.00940. The van der Waals surface area contributed by atoms with E-state index in [2.05, 4.69) is 0 Å². The monoisotopic (exact) mass is 222 g/mol. The summed E-state index contributed by atoms with van der Waals surface area (Å²) < 4.78 is 0. The van der Waals surface area contributed by atoms with Crippen molar-refractivity contribution in [2.45, 2.75) is 0 Å². The summed E-state index contributed by atoms with van der Waals surface area (Å²) in [5.41, 5.74) is 2.24. The SMILES string of the molecule is O=C1C=C(CCl)C(=S)c2ccccc21. The lowest BCUT2D eigenvalue weighted by atomic mass is 9.91. The number of hydrogen-bond donors (Lipinski definition) is 0. The summed E-state index contributed by atoms with van der Waals surface area (Å²) in [5.74, 6) is 0.281. The zero-order chi connectivity index (χ0) is 10.1. The van der Waals surface area contributed by atoms with Gasteiger partial charge in [-0.1, -0.05) is 36.5 Å².